The van der Waals surface area contributed by atoms with Crippen molar-refractivity contribution in [2.75, 3.05) is 18.5 Å². The third-order valence-corrected chi connectivity index (χ3v) is 4.69. The number of pyridine rings is 1. The van der Waals surface area contributed by atoms with Crippen molar-refractivity contribution < 1.29 is 0 Å². The molecule has 1 aromatic heterocycles. The van der Waals surface area contributed by atoms with E-state index in [1.807, 2.05) is 0 Å². The standard InChI is InChI=1S/C15H23N3/c1-18(14-7-3-5-12(14)10-16)15-9-8-11-4-2-6-13(11)17-15/h8-9,12,14H,2-7,10,16H2,1H3. The Hall–Kier alpha value is -1.09. The number of anilines is 1. The van der Waals surface area contributed by atoms with Gasteiger partial charge in [-0.3, -0.25) is 0 Å². The van der Waals surface area contributed by atoms with Gasteiger partial charge in [0.15, 0.2) is 0 Å². The first-order chi connectivity index (χ1) is 8.79. The summed E-state index contributed by atoms with van der Waals surface area (Å²) in [6.07, 6.45) is 7.48. The summed E-state index contributed by atoms with van der Waals surface area (Å²) in [6.45, 7) is 0.806. The van der Waals surface area contributed by atoms with Gasteiger partial charge in [-0.05, 0) is 56.2 Å². The highest BCUT2D eigenvalue weighted by atomic mass is 15.2. The van der Waals surface area contributed by atoms with Gasteiger partial charge in [-0.2, -0.15) is 0 Å². The summed E-state index contributed by atoms with van der Waals surface area (Å²) < 4.78 is 0. The molecular formula is C15H23N3. The van der Waals surface area contributed by atoms with E-state index in [4.69, 9.17) is 10.7 Å². The fourth-order valence-corrected chi connectivity index (χ4v) is 3.58. The van der Waals surface area contributed by atoms with Crippen molar-refractivity contribution in [3.8, 4) is 0 Å². The third-order valence-electron chi connectivity index (χ3n) is 4.69. The van der Waals surface area contributed by atoms with Crippen LogP contribution in [0.5, 0.6) is 0 Å². The zero-order chi connectivity index (χ0) is 12.5. The predicted octanol–water partition coefficient (Wildman–Crippen LogP) is 2.13. The van der Waals surface area contributed by atoms with Gasteiger partial charge >= 0.3 is 0 Å². The average Bonchev–Trinajstić information content (AvgIpc) is 3.05. The first-order valence-electron chi connectivity index (χ1n) is 7.21. The van der Waals surface area contributed by atoms with E-state index in [-0.39, 0.29) is 0 Å². The van der Waals surface area contributed by atoms with Gasteiger partial charge in [0.2, 0.25) is 0 Å². The Labute approximate surface area is 109 Å². The minimum atomic E-state index is 0.585. The molecule has 1 fully saturated rings. The van der Waals surface area contributed by atoms with E-state index in [1.165, 1.54) is 43.4 Å². The molecule has 0 spiro atoms. The maximum Gasteiger partial charge on any atom is 0.128 e. The SMILES string of the molecule is CN(c1ccc2c(n1)CCC2)C1CCCC1CN. The van der Waals surface area contributed by atoms with Crippen LogP contribution in [0.15, 0.2) is 12.1 Å². The van der Waals surface area contributed by atoms with Gasteiger partial charge < -0.3 is 10.6 Å². The lowest BCUT2D eigenvalue weighted by molar-refractivity contribution is 0.472. The highest BCUT2D eigenvalue weighted by Crippen LogP contribution is 2.32. The minimum absolute atomic E-state index is 0.585. The molecule has 0 aliphatic heterocycles. The molecule has 3 nitrogen and oxygen atoms in total. The molecule has 1 saturated carbocycles. The Kier molecular flexibility index (Phi) is 3.25. The van der Waals surface area contributed by atoms with Gasteiger partial charge in [-0.25, -0.2) is 4.98 Å². The average molecular weight is 245 g/mol. The van der Waals surface area contributed by atoms with Crippen LogP contribution in [-0.4, -0.2) is 24.6 Å². The van der Waals surface area contributed by atoms with Crippen LogP contribution in [0.25, 0.3) is 0 Å². The Balaban J connectivity index is 1.81. The van der Waals surface area contributed by atoms with Crippen LogP contribution >= 0.6 is 0 Å². The topological polar surface area (TPSA) is 42.2 Å². The normalized spacial score (nSPS) is 26.3. The van der Waals surface area contributed by atoms with Crippen molar-refractivity contribution in [3.63, 3.8) is 0 Å². The molecule has 0 aromatic carbocycles. The molecule has 0 radical (unpaired) electrons. The molecule has 18 heavy (non-hydrogen) atoms. The smallest absolute Gasteiger partial charge is 0.128 e. The van der Waals surface area contributed by atoms with Gasteiger partial charge in [-0.1, -0.05) is 12.5 Å². The van der Waals surface area contributed by atoms with Gasteiger partial charge in [-0.15, -0.1) is 0 Å². The summed E-state index contributed by atoms with van der Waals surface area (Å²) in [5, 5.41) is 0. The molecule has 2 aliphatic rings. The van der Waals surface area contributed by atoms with E-state index in [0.29, 0.717) is 12.0 Å². The van der Waals surface area contributed by atoms with E-state index in [2.05, 4.69) is 24.1 Å². The molecule has 3 heteroatoms. The van der Waals surface area contributed by atoms with E-state index < -0.39 is 0 Å². The van der Waals surface area contributed by atoms with Crippen LogP contribution in [0.4, 0.5) is 5.82 Å². The second-order valence-corrected chi connectivity index (χ2v) is 5.73. The molecular weight excluding hydrogens is 222 g/mol. The lowest BCUT2D eigenvalue weighted by atomic mass is 10.0. The van der Waals surface area contributed by atoms with Crippen LogP contribution in [0.3, 0.4) is 0 Å². The number of hydrogen-bond acceptors (Lipinski definition) is 3. The Bertz CT molecular complexity index is 430. The molecule has 1 aromatic rings. The maximum absolute atomic E-state index is 5.88. The van der Waals surface area contributed by atoms with Crippen LogP contribution < -0.4 is 10.6 Å². The number of fused-ring (bicyclic) bond motifs is 1. The van der Waals surface area contributed by atoms with Crippen molar-refractivity contribution in [1.82, 2.24) is 4.98 Å². The molecule has 3 rings (SSSR count). The lowest BCUT2D eigenvalue weighted by Gasteiger charge is -2.30. The van der Waals surface area contributed by atoms with Crippen LogP contribution in [0.1, 0.15) is 36.9 Å². The monoisotopic (exact) mass is 245 g/mol. The summed E-state index contributed by atoms with van der Waals surface area (Å²) in [6, 6.07) is 5.05. The van der Waals surface area contributed by atoms with E-state index in [9.17, 15) is 0 Å². The third kappa shape index (κ3) is 2.01. The van der Waals surface area contributed by atoms with E-state index in [1.54, 1.807) is 0 Å². The number of aryl methyl sites for hydroxylation is 2. The molecule has 98 valence electrons. The maximum atomic E-state index is 5.88. The first kappa shape index (κ1) is 12.0. The van der Waals surface area contributed by atoms with Crippen molar-refractivity contribution in [1.29, 1.82) is 0 Å². The Morgan fingerprint density at radius 2 is 2.17 bits per heavy atom. The molecule has 0 bridgehead atoms. The van der Waals surface area contributed by atoms with Gasteiger partial charge in [0.1, 0.15) is 5.82 Å². The number of nitrogens with two attached hydrogens (primary N) is 1. The van der Waals surface area contributed by atoms with Crippen molar-refractivity contribution in [2.24, 2.45) is 11.7 Å². The molecule has 0 saturated heterocycles. The predicted molar refractivity (Wildman–Crippen MR) is 74.8 cm³/mol. The summed E-state index contributed by atoms with van der Waals surface area (Å²) >= 11 is 0. The van der Waals surface area contributed by atoms with E-state index >= 15 is 0 Å². The second-order valence-electron chi connectivity index (χ2n) is 5.73. The number of nitrogens with zero attached hydrogens (tertiary/aromatic N) is 2. The zero-order valence-corrected chi connectivity index (χ0v) is 11.2. The number of rotatable bonds is 3. The summed E-state index contributed by atoms with van der Waals surface area (Å²) in [5.41, 5.74) is 8.66. The molecule has 1 heterocycles. The molecule has 2 N–H and O–H groups in total. The van der Waals surface area contributed by atoms with Gasteiger partial charge in [0.05, 0.1) is 0 Å². The molecule has 2 aliphatic carbocycles. The lowest BCUT2D eigenvalue weighted by Crippen LogP contribution is -2.38. The van der Waals surface area contributed by atoms with Gasteiger partial charge in [0.25, 0.3) is 0 Å². The highest BCUT2D eigenvalue weighted by Gasteiger charge is 2.30. The molecule has 0 amide bonds. The summed E-state index contributed by atoms with van der Waals surface area (Å²) in [5.74, 6) is 1.78. The van der Waals surface area contributed by atoms with Gasteiger partial charge in [0, 0.05) is 18.8 Å². The quantitative estimate of drug-likeness (QED) is 0.887. The fraction of sp³-hybridized carbons (Fsp3) is 0.667. The first-order valence-corrected chi connectivity index (χ1v) is 7.21. The van der Waals surface area contributed by atoms with Crippen LogP contribution in [0, 0.1) is 5.92 Å². The minimum Gasteiger partial charge on any atom is -0.356 e. The molecule has 2 atom stereocenters. The van der Waals surface area contributed by atoms with Crippen LogP contribution in [0.2, 0.25) is 0 Å². The fourth-order valence-electron chi connectivity index (χ4n) is 3.58. The number of hydrogen-bond donors (Lipinski definition) is 1. The second kappa shape index (κ2) is 4.88. The van der Waals surface area contributed by atoms with Crippen molar-refractivity contribution in [3.05, 3.63) is 23.4 Å². The van der Waals surface area contributed by atoms with E-state index in [0.717, 1.165) is 18.8 Å². The number of aromatic nitrogens is 1. The zero-order valence-electron chi connectivity index (χ0n) is 11.2. The summed E-state index contributed by atoms with van der Waals surface area (Å²) in [7, 11) is 2.18. The highest BCUT2D eigenvalue weighted by molar-refractivity contribution is 5.43. The Morgan fingerprint density at radius 3 is 3.00 bits per heavy atom. The largest absolute Gasteiger partial charge is 0.356 e. The van der Waals surface area contributed by atoms with Crippen molar-refractivity contribution >= 4 is 5.82 Å². The Morgan fingerprint density at radius 1 is 1.28 bits per heavy atom. The summed E-state index contributed by atoms with van der Waals surface area (Å²) in [4.78, 5) is 7.22. The molecule has 2 unspecified atom stereocenters. The van der Waals surface area contributed by atoms with Crippen LogP contribution in [-0.2, 0) is 12.8 Å². The van der Waals surface area contributed by atoms with Crippen molar-refractivity contribution in [2.45, 2.75) is 44.6 Å².